The third-order valence-electron chi connectivity index (χ3n) is 5.93. The molecule has 5 aromatic rings. The van der Waals surface area contributed by atoms with Gasteiger partial charge in [-0.3, -0.25) is 9.78 Å². The fourth-order valence-electron chi connectivity index (χ4n) is 4.12. The number of rotatable bonds is 6. The summed E-state index contributed by atoms with van der Waals surface area (Å²) >= 11 is 0. The van der Waals surface area contributed by atoms with Gasteiger partial charge in [0.05, 0.1) is 28.9 Å². The first-order valence-electron chi connectivity index (χ1n) is 10.9. The van der Waals surface area contributed by atoms with E-state index in [-0.39, 0.29) is 17.5 Å². The molecule has 3 aromatic heterocycles. The van der Waals surface area contributed by atoms with Gasteiger partial charge >= 0.3 is 5.97 Å². The number of carbonyl (C=O) groups excluding carboxylic acids is 1. The van der Waals surface area contributed by atoms with E-state index < -0.39 is 5.97 Å². The Labute approximate surface area is 195 Å². The number of aromatic nitrogens is 3. The molecule has 5 rings (SSSR count). The summed E-state index contributed by atoms with van der Waals surface area (Å²) in [7, 11) is 0. The molecule has 1 atom stereocenters. The predicted molar refractivity (Wildman–Crippen MR) is 129 cm³/mol. The number of nitrogens with one attached hydrogen (secondary N) is 1. The molecule has 0 spiro atoms. The lowest BCUT2D eigenvalue weighted by molar-refractivity contribution is 0.0696. The summed E-state index contributed by atoms with van der Waals surface area (Å²) in [5.41, 5.74) is 4.10. The van der Waals surface area contributed by atoms with Crippen LogP contribution in [-0.4, -0.2) is 31.6 Å². The maximum atomic E-state index is 13.2. The van der Waals surface area contributed by atoms with Crippen molar-refractivity contribution in [2.45, 2.75) is 19.4 Å². The fraction of sp³-hybridized carbons (Fsp3) is 0.111. The molecule has 3 heterocycles. The molecule has 0 bridgehead atoms. The summed E-state index contributed by atoms with van der Waals surface area (Å²) in [6, 6.07) is 20.2. The zero-order chi connectivity index (χ0) is 23.7. The van der Waals surface area contributed by atoms with Gasteiger partial charge in [0.15, 0.2) is 0 Å². The van der Waals surface area contributed by atoms with Crippen molar-refractivity contribution in [2.24, 2.45) is 0 Å². The topological polar surface area (TPSA) is 96.6 Å². The highest BCUT2D eigenvalue weighted by molar-refractivity contribution is 6.01. The summed E-state index contributed by atoms with van der Waals surface area (Å²) in [6.45, 7) is 1.86. The lowest BCUT2D eigenvalue weighted by Gasteiger charge is -2.15. The minimum atomic E-state index is -0.983. The maximum Gasteiger partial charge on any atom is 0.335 e. The predicted octanol–water partition coefficient (Wildman–Crippen LogP) is 4.66. The number of amides is 1. The Kier molecular flexibility index (Phi) is 5.51. The van der Waals surface area contributed by atoms with Crippen molar-refractivity contribution in [3.05, 3.63) is 113 Å². The summed E-state index contributed by atoms with van der Waals surface area (Å²) in [5.74, 6) is -1.23. The molecule has 34 heavy (non-hydrogen) atoms. The smallest absolute Gasteiger partial charge is 0.335 e. The van der Waals surface area contributed by atoms with Crippen LogP contribution in [0.25, 0.3) is 16.3 Å². The Morgan fingerprint density at radius 1 is 1.00 bits per heavy atom. The van der Waals surface area contributed by atoms with E-state index in [9.17, 15) is 9.59 Å². The van der Waals surface area contributed by atoms with E-state index >= 15 is 0 Å². The molecular formula is C27H22N4O3. The van der Waals surface area contributed by atoms with Gasteiger partial charge in [-0.25, -0.2) is 9.31 Å². The first-order chi connectivity index (χ1) is 16.5. The highest BCUT2D eigenvalue weighted by Gasteiger charge is 2.19. The molecular weight excluding hydrogens is 428 g/mol. The molecule has 7 nitrogen and oxygen atoms in total. The van der Waals surface area contributed by atoms with Gasteiger partial charge in [-0.15, -0.1) is 0 Å². The number of hydrogen-bond acceptors (Lipinski definition) is 4. The van der Waals surface area contributed by atoms with Crippen molar-refractivity contribution in [1.82, 2.24) is 19.9 Å². The standard InChI is InChI=1S/C27H22N4O3/c1-17(18-8-10-19(11-9-18)27(33)34)30-26(32)24-16-29-31-12-4-7-21(25(24)31)14-23-13-20-5-2-3-6-22(20)15-28-23/h2-13,15-17H,14H2,1H3,(H,30,32)(H,33,34)/t17-/m0/s1. The molecule has 0 radical (unpaired) electrons. The van der Waals surface area contributed by atoms with Crippen molar-refractivity contribution in [1.29, 1.82) is 0 Å². The van der Waals surface area contributed by atoms with Crippen LogP contribution in [0.4, 0.5) is 0 Å². The first-order valence-corrected chi connectivity index (χ1v) is 10.9. The second-order valence-electron chi connectivity index (χ2n) is 8.21. The molecule has 0 unspecified atom stereocenters. The highest BCUT2D eigenvalue weighted by Crippen LogP contribution is 2.22. The Morgan fingerprint density at radius 2 is 1.76 bits per heavy atom. The molecule has 0 fully saturated rings. The first kappa shape index (κ1) is 21.3. The molecule has 0 aliphatic heterocycles. The van der Waals surface area contributed by atoms with Gasteiger partial charge < -0.3 is 10.4 Å². The number of hydrogen-bond donors (Lipinski definition) is 2. The summed E-state index contributed by atoms with van der Waals surface area (Å²) in [5, 5.41) is 18.7. The largest absolute Gasteiger partial charge is 0.478 e. The van der Waals surface area contributed by atoms with Crippen molar-refractivity contribution in [2.75, 3.05) is 0 Å². The van der Waals surface area contributed by atoms with Crippen molar-refractivity contribution in [3.8, 4) is 0 Å². The van der Waals surface area contributed by atoms with E-state index in [2.05, 4.69) is 27.5 Å². The minimum Gasteiger partial charge on any atom is -0.478 e. The third-order valence-corrected chi connectivity index (χ3v) is 5.93. The SMILES string of the molecule is C[C@H](NC(=O)c1cnn2cccc(Cc3cc4ccccc4cn3)c12)c1ccc(C(=O)O)cc1. The summed E-state index contributed by atoms with van der Waals surface area (Å²) < 4.78 is 1.71. The second-order valence-corrected chi connectivity index (χ2v) is 8.21. The van der Waals surface area contributed by atoms with Gasteiger partial charge in [0.1, 0.15) is 0 Å². The highest BCUT2D eigenvalue weighted by atomic mass is 16.4. The average molecular weight is 450 g/mol. The number of carbonyl (C=O) groups is 2. The van der Waals surface area contributed by atoms with Crippen molar-refractivity contribution < 1.29 is 14.7 Å². The van der Waals surface area contributed by atoms with Crippen LogP contribution in [-0.2, 0) is 6.42 Å². The summed E-state index contributed by atoms with van der Waals surface area (Å²) in [6.07, 6.45) is 5.82. The molecule has 7 heteroatoms. The average Bonchev–Trinajstić information content (AvgIpc) is 3.29. The number of pyridine rings is 2. The van der Waals surface area contributed by atoms with Crippen LogP contribution in [0.2, 0.25) is 0 Å². The third kappa shape index (κ3) is 4.11. The zero-order valence-corrected chi connectivity index (χ0v) is 18.5. The number of carboxylic acids is 1. The Balaban J connectivity index is 1.42. The van der Waals surface area contributed by atoms with Crippen LogP contribution in [0.15, 0.2) is 85.3 Å². The van der Waals surface area contributed by atoms with Crippen LogP contribution in [0.3, 0.4) is 0 Å². The van der Waals surface area contributed by atoms with Crippen molar-refractivity contribution >= 4 is 28.2 Å². The van der Waals surface area contributed by atoms with Gasteiger partial charge in [-0.05, 0) is 47.7 Å². The van der Waals surface area contributed by atoms with Gasteiger partial charge in [0.2, 0.25) is 0 Å². The molecule has 0 aliphatic carbocycles. The van der Waals surface area contributed by atoms with Gasteiger partial charge in [-0.2, -0.15) is 5.10 Å². The van der Waals surface area contributed by atoms with Gasteiger partial charge in [0.25, 0.3) is 5.91 Å². The Hall–Kier alpha value is -4.52. The van der Waals surface area contributed by atoms with E-state index in [0.717, 1.165) is 33.1 Å². The molecule has 1 amide bonds. The molecule has 0 aliphatic rings. The van der Waals surface area contributed by atoms with Crippen LogP contribution in [0.1, 0.15) is 50.5 Å². The van der Waals surface area contributed by atoms with Crippen LogP contribution < -0.4 is 5.32 Å². The van der Waals surface area contributed by atoms with E-state index in [1.807, 2.05) is 49.6 Å². The quantitative estimate of drug-likeness (QED) is 0.392. The molecule has 2 aromatic carbocycles. The van der Waals surface area contributed by atoms with Crippen LogP contribution >= 0.6 is 0 Å². The molecule has 0 saturated carbocycles. The lowest BCUT2D eigenvalue weighted by atomic mass is 10.0. The van der Waals surface area contributed by atoms with Crippen molar-refractivity contribution in [3.63, 3.8) is 0 Å². The van der Waals surface area contributed by atoms with E-state index in [1.54, 1.807) is 22.8 Å². The normalized spacial score (nSPS) is 12.0. The van der Waals surface area contributed by atoms with E-state index in [0.29, 0.717) is 12.0 Å². The van der Waals surface area contributed by atoms with E-state index in [1.165, 1.54) is 12.1 Å². The summed E-state index contributed by atoms with van der Waals surface area (Å²) in [4.78, 5) is 28.9. The number of fused-ring (bicyclic) bond motifs is 2. The van der Waals surface area contributed by atoms with Gasteiger partial charge in [0, 0.05) is 29.9 Å². The minimum absolute atomic E-state index is 0.205. The zero-order valence-electron chi connectivity index (χ0n) is 18.5. The Bertz CT molecular complexity index is 1520. The Morgan fingerprint density at radius 3 is 2.53 bits per heavy atom. The van der Waals surface area contributed by atoms with Crippen LogP contribution in [0.5, 0.6) is 0 Å². The monoisotopic (exact) mass is 450 g/mol. The number of aromatic carboxylic acids is 1. The second kappa shape index (κ2) is 8.78. The lowest BCUT2D eigenvalue weighted by Crippen LogP contribution is -2.26. The maximum absolute atomic E-state index is 13.2. The molecule has 168 valence electrons. The molecule has 0 saturated heterocycles. The fourth-order valence-corrected chi connectivity index (χ4v) is 4.12. The van der Waals surface area contributed by atoms with Crippen LogP contribution in [0, 0.1) is 0 Å². The van der Waals surface area contributed by atoms with Gasteiger partial charge in [-0.1, -0.05) is 42.5 Å². The number of benzene rings is 2. The molecule has 2 N–H and O–H groups in total. The number of carboxylic acid groups (broad SMARTS) is 1. The van der Waals surface area contributed by atoms with E-state index in [4.69, 9.17) is 5.11 Å². The number of nitrogens with zero attached hydrogens (tertiary/aromatic N) is 3.